The van der Waals surface area contributed by atoms with Crippen molar-refractivity contribution in [3.05, 3.63) is 16.4 Å². The zero-order chi connectivity index (χ0) is 10.0. The number of rotatable bonds is 3. The van der Waals surface area contributed by atoms with Gasteiger partial charge in [0.1, 0.15) is 5.69 Å². The zero-order valence-electron chi connectivity index (χ0n) is 7.47. The number of carbonyl (C=O) groups is 1. The lowest BCUT2D eigenvalue weighted by atomic mass is 10.3. The van der Waals surface area contributed by atoms with Gasteiger partial charge in [-0.25, -0.2) is 0 Å². The summed E-state index contributed by atoms with van der Waals surface area (Å²) in [5.41, 5.74) is 1.01. The first kappa shape index (κ1) is 10.5. The van der Waals surface area contributed by atoms with Crippen molar-refractivity contribution in [2.75, 3.05) is 0 Å². The van der Waals surface area contributed by atoms with E-state index in [2.05, 4.69) is 5.10 Å². The van der Waals surface area contributed by atoms with E-state index in [1.807, 2.05) is 13.8 Å². The molecule has 5 heteroatoms. The minimum absolute atomic E-state index is 0.294. The summed E-state index contributed by atoms with van der Waals surface area (Å²) in [5, 5.41) is 3.97. The Morgan fingerprint density at radius 3 is 2.46 bits per heavy atom. The van der Waals surface area contributed by atoms with Gasteiger partial charge >= 0.3 is 0 Å². The fraction of sp³-hybridized carbons (Fsp3) is 0.500. The van der Waals surface area contributed by atoms with Gasteiger partial charge in [-0.3, -0.25) is 9.48 Å². The second kappa shape index (κ2) is 4.11. The average Bonchev–Trinajstić information content (AvgIpc) is 2.41. The van der Waals surface area contributed by atoms with E-state index < -0.39 is 5.24 Å². The number of hydrogen-bond donors (Lipinski definition) is 0. The molecule has 0 radical (unpaired) electrons. The molecular formula is C8H10Cl2N2O. The molecule has 0 bridgehead atoms. The standard InChI is InChI=1S/C8H10Cl2N2O/c1-3-5-6(9)7(8(10)13)12(4-2)11-5/h3-4H2,1-2H3. The van der Waals surface area contributed by atoms with Gasteiger partial charge in [0, 0.05) is 6.54 Å². The van der Waals surface area contributed by atoms with Crippen molar-refractivity contribution < 1.29 is 4.79 Å². The van der Waals surface area contributed by atoms with Crippen LogP contribution >= 0.6 is 23.2 Å². The Hall–Kier alpha value is -0.540. The molecule has 1 aromatic heterocycles. The van der Waals surface area contributed by atoms with Gasteiger partial charge in [0.25, 0.3) is 5.24 Å². The molecule has 0 aliphatic carbocycles. The maximum absolute atomic E-state index is 11.0. The molecule has 0 saturated heterocycles. The summed E-state index contributed by atoms with van der Waals surface area (Å²) >= 11 is 11.3. The molecule has 72 valence electrons. The summed E-state index contributed by atoms with van der Waals surface area (Å²) in [6.07, 6.45) is 0.697. The van der Waals surface area contributed by atoms with E-state index in [1.165, 1.54) is 4.68 Å². The largest absolute Gasteiger partial charge is 0.274 e. The first-order valence-electron chi connectivity index (χ1n) is 4.06. The number of aromatic nitrogens is 2. The van der Waals surface area contributed by atoms with Crippen molar-refractivity contribution >= 4 is 28.4 Å². The van der Waals surface area contributed by atoms with Crippen molar-refractivity contribution in [3.8, 4) is 0 Å². The highest BCUT2D eigenvalue weighted by Gasteiger charge is 2.18. The molecule has 0 N–H and O–H groups in total. The number of hydrogen-bond acceptors (Lipinski definition) is 2. The van der Waals surface area contributed by atoms with Crippen molar-refractivity contribution in [1.82, 2.24) is 9.78 Å². The number of halogens is 2. The third-order valence-corrected chi connectivity index (χ3v) is 2.36. The van der Waals surface area contributed by atoms with Crippen LogP contribution in [0.15, 0.2) is 0 Å². The molecule has 1 rings (SSSR count). The van der Waals surface area contributed by atoms with E-state index in [1.54, 1.807) is 0 Å². The smallest absolute Gasteiger partial charge is 0.272 e. The molecular weight excluding hydrogens is 211 g/mol. The van der Waals surface area contributed by atoms with E-state index in [-0.39, 0.29) is 0 Å². The molecule has 0 aliphatic heterocycles. The number of carbonyl (C=O) groups excluding carboxylic acids is 1. The molecule has 0 spiro atoms. The topological polar surface area (TPSA) is 34.9 Å². The van der Waals surface area contributed by atoms with Gasteiger partial charge in [0.2, 0.25) is 0 Å². The predicted octanol–water partition coefficient (Wildman–Crippen LogP) is 2.50. The van der Waals surface area contributed by atoms with Crippen LogP contribution in [0.2, 0.25) is 5.02 Å². The van der Waals surface area contributed by atoms with Gasteiger partial charge in [0.05, 0.1) is 10.7 Å². The Morgan fingerprint density at radius 1 is 1.54 bits per heavy atom. The third kappa shape index (κ3) is 1.86. The first-order valence-corrected chi connectivity index (χ1v) is 4.82. The van der Waals surface area contributed by atoms with Crippen molar-refractivity contribution in [1.29, 1.82) is 0 Å². The monoisotopic (exact) mass is 220 g/mol. The van der Waals surface area contributed by atoms with Crippen LogP contribution in [0.3, 0.4) is 0 Å². The van der Waals surface area contributed by atoms with Crippen LogP contribution in [0.25, 0.3) is 0 Å². The predicted molar refractivity (Wildman–Crippen MR) is 52.5 cm³/mol. The zero-order valence-corrected chi connectivity index (χ0v) is 8.98. The molecule has 3 nitrogen and oxygen atoms in total. The van der Waals surface area contributed by atoms with E-state index >= 15 is 0 Å². The Balaban J connectivity index is 3.28. The molecule has 0 fully saturated rings. The Kier molecular flexibility index (Phi) is 3.33. The molecule has 0 atom stereocenters. The minimum atomic E-state index is -0.556. The summed E-state index contributed by atoms with van der Waals surface area (Å²) in [7, 11) is 0. The average molecular weight is 221 g/mol. The quantitative estimate of drug-likeness (QED) is 0.735. The second-order valence-corrected chi connectivity index (χ2v) is 3.27. The highest BCUT2D eigenvalue weighted by molar-refractivity contribution is 6.68. The third-order valence-electron chi connectivity index (χ3n) is 1.78. The van der Waals surface area contributed by atoms with Gasteiger partial charge in [-0.2, -0.15) is 5.10 Å². The fourth-order valence-electron chi connectivity index (χ4n) is 1.13. The molecule has 0 amide bonds. The fourth-order valence-corrected chi connectivity index (χ4v) is 1.73. The van der Waals surface area contributed by atoms with Gasteiger partial charge in [0.15, 0.2) is 0 Å². The lowest BCUT2D eigenvalue weighted by Crippen LogP contribution is -2.05. The van der Waals surface area contributed by atoms with Gasteiger partial charge < -0.3 is 0 Å². The van der Waals surface area contributed by atoms with Crippen molar-refractivity contribution in [2.45, 2.75) is 26.8 Å². The van der Waals surface area contributed by atoms with E-state index in [0.29, 0.717) is 29.4 Å². The Bertz CT molecular complexity index is 333. The summed E-state index contributed by atoms with van der Waals surface area (Å²) < 4.78 is 1.52. The van der Waals surface area contributed by atoms with Crippen LogP contribution < -0.4 is 0 Å². The van der Waals surface area contributed by atoms with Crippen LogP contribution in [0.1, 0.15) is 30.0 Å². The van der Waals surface area contributed by atoms with E-state index in [4.69, 9.17) is 23.2 Å². The molecule has 0 unspecified atom stereocenters. The summed E-state index contributed by atoms with van der Waals surface area (Å²) in [6.45, 7) is 4.40. The van der Waals surface area contributed by atoms with E-state index in [0.717, 1.165) is 0 Å². The molecule has 13 heavy (non-hydrogen) atoms. The van der Waals surface area contributed by atoms with Gasteiger partial charge in [-0.05, 0) is 24.9 Å². The number of nitrogens with zero attached hydrogens (tertiary/aromatic N) is 2. The van der Waals surface area contributed by atoms with E-state index in [9.17, 15) is 4.79 Å². The SMILES string of the molecule is CCc1nn(CC)c(C(=O)Cl)c1Cl. The normalized spacial score (nSPS) is 10.5. The molecule has 0 saturated carbocycles. The van der Waals surface area contributed by atoms with Crippen LogP contribution in [0, 0.1) is 0 Å². The lowest BCUT2D eigenvalue weighted by Gasteiger charge is -1.97. The Labute approximate surface area is 86.6 Å². The molecule has 1 aromatic rings. The summed E-state index contributed by atoms with van der Waals surface area (Å²) in [4.78, 5) is 11.0. The van der Waals surface area contributed by atoms with Gasteiger partial charge in [-0.1, -0.05) is 18.5 Å². The van der Waals surface area contributed by atoms with Crippen LogP contribution in [0.4, 0.5) is 0 Å². The minimum Gasteiger partial charge on any atom is -0.274 e. The lowest BCUT2D eigenvalue weighted by molar-refractivity contribution is 0.107. The van der Waals surface area contributed by atoms with Crippen LogP contribution in [-0.4, -0.2) is 15.0 Å². The van der Waals surface area contributed by atoms with Crippen LogP contribution in [0.5, 0.6) is 0 Å². The van der Waals surface area contributed by atoms with Gasteiger partial charge in [-0.15, -0.1) is 0 Å². The molecule has 0 aromatic carbocycles. The first-order chi connectivity index (χ1) is 6.11. The summed E-state index contributed by atoms with van der Waals surface area (Å²) in [6, 6.07) is 0. The molecule has 1 heterocycles. The highest BCUT2D eigenvalue weighted by Crippen LogP contribution is 2.22. The maximum atomic E-state index is 11.0. The Morgan fingerprint density at radius 2 is 2.15 bits per heavy atom. The van der Waals surface area contributed by atoms with Crippen molar-refractivity contribution in [3.63, 3.8) is 0 Å². The second-order valence-electron chi connectivity index (χ2n) is 2.55. The maximum Gasteiger partial charge on any atom is 0.272 e. The number of aryl methyl sites for hydroxylation is 2. The van der Waals surface area contributed by atoms with Crippen LogP contribution in [-0.2, 0) is 13.0 Å². The highest BCUT2D eigenvalue weighted by atomic mass is 35.5. The summed E-state index contributed by atoms with van der Waals surface area (Å²) in [5.74, 6) is 0. The molecule has 0 aliphatic rings. The van der Waals surface area contributed by atoms with Crippen molar-refractivity contribution in [2.24, 2.45) is 0 Å².